The van der Waals surface area contributed by atoms with Crippen molar-refractivity contribution in [2.24, 2.45) is 5.92 Å². The fourth-order valence-electron chi connectivity index (χ4n) is 2.87. The van der Waals surface area contributed by atoms with Gasteiger partial charge in [0.15, 0.2) is 11.0 Å². The predicted molar refractivity (Wildman–Crippen MR) is 116 cm³/mol. The van der Waals surface area contributed by atoms with E-state index in [1.165, 1.54) is 17.8 Å². The lowest BCUT2D eigenvalue weighted by Gasteiger charge is -2.13. The number of amides is 1. The Morgan fingerprint density at radius 1 is 1.16 bits per heavy atom. The van der Waals surface area contributed by atoms with Crippen LogP contribution in [0.15, 0.2) is 53.7 Å². The summed E-state index contributed by atoms with van der Waals surface area (Å²) in [5.41, 5.74) is -0.0625. The minimum Gasteiger partial charge on any atom is -0.325 e. The van der Waals surface area contributed by atoms with Gasteiger partial charge in [0.05, 0.1) is 16.3 Å². The van der Waals surface area contributed by atoms with Crippen LogP contribution in [-0.4, -0.2) is 26.4 Å². The summed E-state index contributed by atoms with van der Waals surface area (Å²) in [6, 6.07) is 12.8. The van der Waals surface area contributed by atoms with Crippen LogP contribution in [0.1, 0.15) is 19.4 Å². The predicted octanol–water partition coefficient (Wildman–Crippen LogP) is 6.00. The van der Waals surface area contributed by atoms with Crippen LogP contribution in [0, 0.1) is 5.92 Å². The first-order valence-corrected chi connectivity index (χ1v) is 10.8. The average molecular weight is 469 g/mol. The van der Waals surface area contributed by atoms with Crippen LogP contribution in [0.4, 0.5) is 18.9 Å². The van der Waals surface area contributed by atoms with E-state index >= 15 is 0 Å². The molecule has 1 amide bonds. The number of benzene rings is 2. The zero-order valence-corrected chi connectivity index (χ0v) is 18.4. The van der Waals surface area contributed by atoms with Gasteiger partial charge in [0, 0.05) is 17.8 Å². The SMILES string of the molecule is CC(C)Cn1c(SCC(=O)Nc2ccc(Cl)c(C(F)(F)F)c2)nnc1-c1ccccc1. The highest BCUT2D eigenvalue weighted by Gasteiger charge is 2.33. The molecule has 0 radical (unpaired) electrons. The van der Waals surface area contributed by atoms with Crippen molar-refractivity contribution >= 4 is 35.0 Å². The first-order valence-electron chi connectivity index (χ1n) is 9.43. The first kappa shape index (κ1) is 23.1. The molecule has 0 aliphatic rings. The monoisotopic (exact) mass is 468 g/mol. The standard InChI is InChI=1S/C21H20ClF3N4OS/c1-13(2)11-29-19(14-6-4-3-5-7-14)27-28-20(29)31-12-18(30)26-15-8-9-17(22)16(10-15)21(23,24)25/h3-10,13H,11-12H2,1-2H3,(H,26,30). The quantitative estimate of drug-likeness (QED) is 0.432. The highest BCUT2D eigenvalue weighted by molar-refractivity contribution is 7.99. The molecule has 0 atom stereocenters. The Bertz CT molecular complexity index is 1050. The zero-order chi connectivity index (χ0) is 22.6. The first-order chi connectivity index (χ1) is 14.6. The number of carbonyl (C=O) groups is 1. The van der Waals surface area contributed by atoms with Crippen LogP contribution >= 0.6 is 23.4 Å². The molecule has 10 heteroatoms. The topological polar surface area (TPSA) is 59.8 Å². The van der Waals surface area contributed by atoms with Crippen molar-refractivity contribution in [3.05, 3.63) is 59.1 Å². The van der Waals surface area contributed by atoms with E-state index in [2.05, 4.69) is 29.4 Å². The molecule has 1 N–H and O–H groups in total. The number of hydrogen-bond donors (Lipinski definition) is 1. The lowest BCUT2D eigenvalue weighted by atomic mass is 10.2. The Kier molecular flexibility index (Phi) is 7.27. The molecular formula is C21H20ClF3N4OS. The second kappa shape index (κ2) is 9.74. The summed E-state index contributed by atoms with van der Waals surface area (Å²) in [4.78, 5) is 12.3. The summed E-state index contributed by atoms with van der Waals surface area (Å²) in [5.74, 6) is 0.529. The van der Waals surface area contributed by atoms with Crippen molar-refractivity contribution in [2.75, 3.05) is 11.1 Å². The van der Waals surface area contributed by atoms with Crippen LogP contribution < -0.4 is 5.32 Å². The lowest BCUT2D eigenvalue weighted by Crippen LogP contribution is -2.16. The molecule has 1 heterocycles. The normalized spacial score (nSPS) is 11.7. The van der Waals surface area contributed by atoms with Crippen LogP contribution in [0.2, 0.25) is 5.02 Å². The third-order valence-electron chi connectivity index (χ3n) is 4.18. The maximum Gasteiger partial charge on any atom is 0.417 e. The van der Waals surface area contributed by atoms with Gasteiger partial charge in [-0.1, -0.05) is 67.5 Å². The van der Waals surface area contributed by atoms with Gasteiger partial charge in [0.25, 0.3) is 0 Å². The minimum atomic E-state index is -4.60. The Hall–Kier alpha value is -2.52. The van der Waals surface area contributed by atoms with Gasteiger partial charge in [-0.2, -0.15) is 13.2 Å². The number of carbonyl (C=O) groups excluding carboxylic acids is 1. The maximum atomic E-state index is 13.0. The van der Waals surface area contributed by atoms with Gasteiger partial charge in [-0.3, -0.25) is 4.79 Å². The third kappa shape index (κ3) is 6.01. The van der Waals surface area contributed by atoms with E-state index in [1.54, 1.807) is 0 Å². The Morgan fingerprint density at radius 2 is 1.87 bits per heavy atom. The smallest absolute Gasteiger partial charge is 0.325 e. The number of aromatic nitrogens is 3. The van der Waals surface area contributed by atoms with Gasteiger partial charge in [-0.25, -0.2) is 0 Å². The number of hydrogen-bond acceptors (Lipinski definition) is 4. The second-order valence-electron chi connectivity index (χ2n) is 7.21. The third-order valence-corrected chi connectivity index (χ3v) is 5.48. The number of rotatable bonds is 7. The number of thioether (sulfide) groups is 1. The average Bonchev–Trinajstić information content (AvgIpc) is 3.09. The van der Waals surface area contributed by atoms with Gasteiger partial charge in [0.2, 0.25) is 5.91 Å². The summed E-state index contributed by atoms with van der Waals surface area (Å²) in [6.07, 6.45) is -4.60. The number of halogens is 4. The van der Waals surface area contributed by atoms with Crippen molar-refractivity contribution in [2.45, 2.75) is 31.7 Å². The molecule has 0 saturated heterocycles. The van der Waals surface area contributed by atoms with Crippen LogP contribution in [-0.2, 0) is 17.5 Å². The number of nitrogens with one attached hydrogen (secondary N) is 1. The van der Waals surface area contributed by atoms with Crippen molar-refractivity contribution in [1.29, 1.82) is 0 Å². The molecule has 0 saturated carbocycles. The fraction of sp³-hybridized carbons (Fsp3) is 0.286. The minimum absolute atomic E-state index is 0.0240. The Morgan fingerprint density at radius 3 is 2.52 bits per heavy atom. The van der Waals surface area contributed by atoms with Crippen LogP contribution in [0.5, 0.6) is 0 Å². The highest BCUT2D eigenvalue weighted by atomic mass is 35.5. The van der Waals surface area contributed by atoms with E-state index < -0.39 is 22.7 Å². The molecule has 3 aromatic rings. The summed E-state index contributed by atoms with van der Waals surface area (Å²) in [6.45, 7) is 4.79. The maximum absolute atomic E-state index is 13.0. The molecule has 3 rings (SSSR count). The van der Waals surface area contributed by atoms with E-state index in [9.17, 15) is 18.0 Å². The molecule has 31 heavy (non-hydrogen) atoms. The molecule has 5 nitrogen and oxygen atoms in total. The molecule has 2 aromatic carbocycles. The molecule has 0 bridgehead atoms. The summed E-state index contributed by atoms with van der Waals surface area (Å²) < 4.78 is 41.0. The molecule has 1 aromatic heterocycles. The summed E-state index contributed by atoms with van der Waals surface area (Å²) >= 11 is 6.79. The highest BCUT2D eigenvalue weighted by Crippen LogP contribution is 2.36. The molecule has 0 aliphatic carbocycles. The van der Waals surface area contributed by atoms with E-state index in [1.807, 2.05) is 34.9 Å². The molecule has 0 unspecified atom stereocenters. The number of alkyl halides is 3. The molecule has 164 valence electrons. The van der Waals surface area contributed by atoms with E-state index in [4.69, 9.17) is 11.6 Å². The van der Waals surface area contributed by atoms with Crippen LogP contribution in [0.25, 0.3) is 11.4 Å². The zero-order valence-electron chi connectivity index (χ0n) is 16.8. The second-order valence-corrected chi connectivity index (χ2v) is 8.56. The molecule has 0 spiro atoms. The molecular weight excluding hydrogens is 449 g/mol. The van der Waals surface area contributed by atoms with Gasteiger partial charge in [-0.05, 0) is 24.1 Å². The van der Waals surface area contributed by atoms with Crippen LogP contribution in [0.3, 0.4) is 0 Å². The number of anilines is 1. The van der Waals surface area contributed by atoms with Crippen molar-refractivity contribution in [3.63, 3.8) is 0 Å². The largest absolute Gasteiger partial charge is 0.417 e. The Labute approximate surface area is 187 Å². The summed E-state index contributed by atoms with van der Waals surface area (Å²) in [5, 5.41) is 11.1. The molecule has 0 aliphatic heterocycles. The van der Waals surface area contributed by atoms with Gasteiger partial charge in [-0.15, -0.1) is 10.2 Å². The van der Waals surface area contributed by atoms with E-state index in [0.29, 0.717) is 23.4 Å². The van der Waals surface area contributed by atoms with Gasteiger partial charge in [0.1, 0.15) is 0 Å². The van der Waals surface area contributed by atoms with Gasteiger partial charge >= 0.3 is 6.18 Å². The lowest BCUT2D eigenvalue weighted by molar-refractivity contribution is -0.137. The van der Waals surface area contributed by atoms with E-state index in [-0.39, 0.29) is 11.4 Å². The number of nitrogens with zero attached hydrogens (tertiary/aromatic N) is 3. The van der Waals surface area contributed by atoms with Crippen molar-refractivity contribution in [3.8, 4) is 11.4 Å². The molecule has 0 fully saturated rings. The van der Waals surface area contributed by atoms with Crippen molar-refractivity contribution < 1.29 is 18.0 Å². The van der Waals surface area contributed by atoms with Gasteiger partial charge < -0.3 is 9.88 Å². The Balaban J connectivity index is 1.73. The van der Waals surface area contributed by atoms with E-state index in [0.717, 1.165) is 17.7 Å². The summed E-state index contributed by atoms with van der Waals surface area (Å²) in [7, 11) is 0. The van der Waals surface area contributed by atoms with Crippen molar-refractivity contribution in [1.82, 2.24) is 14.8 Å². The fourth-order valence-corrected chi connectivity index (χ4v) is 3.85.